The molecule has 1 aliphatic rings. The number of carbonyl (C=O) groups is 2. The Morgan fingerprint density at radius 2 is 1.92 bits per heavy atom. The van der Waals surface area contributed by atoms with Gasteiger partial charge in [-0.1, -0.05) is 12.1 Å². The molecule has 0 bridgehead atoms. The molecule has 3 rings (SSSR count). The molecule has 2 aromatic rings. The largest absolute Gasteiger partial charge is 0.326 e. The molecular formula is C17H21ClN4O2S. The molecule has 8 heteroatoms. The highest BCUT2D eigenvalue weighted by Crippen LogP contribution is 2.27. The minimum Gasteiger partial charge on any atom is -0.326 e. The van der Waals surface area contributed by atoms with Crippen LogP contribution in [0.5, 0.6) is 0 Å². The van der Waals surface area contributed by atoms with Gasteiger partial charge in [0, 0.05) is 23.6 Å². The lowest BCUT2D eigenvalue weighted by Crippen LogP contribution is -2.29. The van der Waals surface area contributed by atoms with Crippen molar-refractivity contribution in [2.24, 2.45) is 5.92 Å². The molecule has 0 saturated heterocycles. The molecule has 1 saturated carbocycles. The predicted octanol–water partition coefficient (Wildman–Crippen LogP) is 3.13. The van der Waals surface area contributed by atoms with Gasteiger partial charge in [-0.3, -0.25) is 9.59 Å². The topological polar surface area (TPSA) is 83.1 Å². The molecule has 1 heterocycles. The maximum absolute atomic E-state index is 11.9. The van der Waals surface area contributed by atoms with Crippen LogP contribution in [0.15, 0.2) is 29.6 Å². The molecule has 1 aromatic heterocycles. The SMILES string of the molecule is CC(=O)Nc1ccc(-c2csc(NC(=O)CNCC3CC3)n2)cc1.Cl. The number of thiazole rings is 1. The maximum Gasteiger partial charge on any atom is 0.240 e. The van der Waals surface area contributed by atoms with Crippen molar-refractivity contribution in [3.05, 3.63) is 29.6 Å². The number of aromatic nitrogens is 1. The highest BCUT2D eigenvalue weighted by molar-refractivity contribution is 7.14. The van der Waals surface area contributed by atoms with Crippen molar-refractivity contribution in [3.8, 4) is 11.3 Å². The molecule has 0 unspecified atom stereocenters. The van der Waals surface area contributed by atoms with E-state index in [9.17, 15) is 9.59 Å². The third-order valence-corrected chi connectivity index (χ3v) is 4.42. The molecule has 0 atom stereocenters. The summed E-state index contributed by atoms with van der Waals surface area (Å²) in [5.41, 5.74) is 2.49. The summed E-state index contributed by atoms with van der Waals surface area (Å²) in [5, 5.41) is 11.2. The highest BCUT2D eigenvalue weighted by Gasteiger charge is 2.20. The number of benzene rings is 1. The van der Waals surface area contributed by atoms with Crippen molar-refractivity contribution in [1.82, 2.24) is 10.3 Å². The number of halogens is 1. The molecule has 0 radical (unpaired) electrons. The number of hydrogen-bond donors (Lipinski definition) is 3. The van der Waals surface area contributed by atoms with Gasteiger partial charge in [0.05, 0.1) is 12.2 Å². The molecule has 0 aliphatic heterocycles. The van der Waals surface area contributed by atoms with E-state index in [2.05, 4.69) is 20.9 Å². The van der Waals surface area contributed by atoms with Crippen molar-refractivity contribution in [2.75, 3.05) is 23.7 Å². The van der Waals surface area contributed by atoms with Gasteiger partial charge in [-0.25, -0.2) is 4.98 Å². The number of rotatable bonds is 7. The summed E-state index contributed by atoms with van der Waals surface area (Å²) in [7, 11) is 0. The van der Waals surface area contributed by atoms with Gasteiger partial charge in [0.1, 0.15) is 0 Å². The maximum atomic E-state index is 11.9. The minimum absolute atomic E-state index is 0. The van der Waals surface area contributed by atoms with E-state index < -0.39 is 0 Å². The second-order valence-corrected chi connectivity index (χ2v) is 6.78. The van der Waals surface area contributed by atoms with Gasteiger partial charge in [-0.05, 0) is 37.4 Å². The van der Waals surface area contributed by atoms with Crippen LogP contribution in [0.1, 0.15) is 19.8 Å². The Morgan fingerprint density at radius 3 is 2.56 bits per heavy atom. The number of nitrogens with one attached hydrogen (secondary N) is 3. The molecule has 3 N–H and O–H groups in total. The summed E-state index contributed by atoms with van der Waals surface area (Å²) < 4.78 is 0. The van der Waals surface area contributed by atoms with Gasteiger partial charge < -0.3 is 16.0 Å². The lowest BCUT2D eigenvalue weighted by atomic mass is 10.1. The van der Waals surface area contributed by atoms with E-state index in [1.807, 2.05) is 29.6 Å². The fourth-order valence-corrected chi connectivity index (χ4v) is 3.00. The zero-order valence-electron chi connectivity index (χ0n) is 13.9. The minimum atomic E-state index is -0.100. The molecule has 1 aromatic carbocycles. The highest BCUT2D eigenvalue weighted by atomic mass is 35.5. The molecule has 25 heavy (non-hydrogen) atoms. The van der Waals surface area contributed by atoms with Gasteiger partial charge in [0.2, 0.25) is 11.8 Å². The second-order valence-electron chi connectivity index (χ2n) is 5.92. The molecule has 6 nitrogen and oxygen atoms in total. The monoisotopic (exact) mass is 380 g/mol. The average molecular weight is 381 g/mol. The van der Waals surface area contributed by atoms with Gasteiger partial charge in [-0.2, -0.15) is 0 Å². The van der Waals surface area contributed by atoms with Gasteiger partial charge in [-0.15, -0.1) is 23.7 Å². The number of anilines is 2. The molecule has 2 amide bonds. The van der Waals surface area contributed by atoms with Crippen molar-refractivity contribution in [1.29, 1.82) is 0 Å². The van der Waals surface area contributed by atoms with E-state index in [1.54, 1.807) is 0 Å². The summed E-state index contributed by atoms with van der Waals surface area (Å²) >= 11 is 1.40. The summed E-state index contributed by atoms with van der Waals surface area (Å²) in [6.07, 6.45) is 2.54. The molecular weight excluding hydrogens is 360 g/mol. The van der Waals surface area contributed by atoms with E-state index in [0.717, 1.165) is 29.4 Å². The first-order chi connectivity index (χ1) is 11.6. The summed E-state index contributed by atoms with van der Waals surface area (Å²) in [4.78, 5) is 27.3. The van der Waals surface area contributed by atoms with Crippen molar-refractivity contribution in [2.45, 2.75) is 19.8 Å². The smallest absolute Gasteiger partial charge is 0.240 e. The lowest BCUT2D eigenvalue weighted by molar-refractivity contribution is -0.115. The molecule has 1 aliphatic carbocycles. The van der Waals surface area contributed by atoms with E-state index in [4.69, 9.17) is 0 Å². The van der Waals surface area contributed by atoms with Gasteiger partial charge in [0.25, 0.3) is 0 Å². The van der Waals surface area contributed by atoms with Crippen LogP contribution in [0.25, 0.3) is 11.3 Å². The van der Waals surface area contributed by atoms with Gasteiger partial charge in [0.15, 0.2) is 5.13 Å². The van der Waals surface area contributed by atoms with Crippen molar-refractivity contribution < 1.29 is 9.59 Å². The average Bonchev–Trinajstić information content (AvgIpc) is 3.25. The van der Waals surface area contributed by atoms with E-state index in [0.29, 0.717) is 11.7 Å². The molecule has 134 valence electrons. The first kappa shape index (κ1) is 19.4. The van der Waals surface area contributed by atoms with Crippen molar-refractivity contribution >= 4 is 46.4 Å². The Kier molecular flexibility index (Phi) is 6.92. The van der Waals surface area contributed by atoms with E-state index in [1.165, 1.54) is 31.1 Å². The van der Waals surface area contributed by atoms with Crippen LogP contribution in [-0.2, 0) is 9.59 Å². The Balaban J connectivity index is 0.00000225. The van der Waals surface area contributed by atoms with Crippen LogP contribution in [0.2, 0.25) is 0 Å². The fraction of sp³-hybridized carbons (Fsp3) is 0.353. The number of nitrogens with zero attached hydrogens (tertiary/aromatic N) is 1. The summed E-state index contributed by atoms with van der Waals surface area (Å²) in [5.74, 6) is 0.582. The molecule has 0 spiro atoms. The number of amides is 2. The van der Waals surface area contributed by atoms with Crippen LogP contribution in [0.4, 0.5) is 10.8 Å². The van der Waals surface area contributed by atoms with Crippen molar-refractivity contribution in [3.63, 3.8) is 0 Å². The summed E-state index contributed by atoms with van der Waals surface area (Å²) in [6.45, 7) is 2.71. The van der Waals surface area contributed by atoms with Crippen LogP contribution in [0.3, 0.4) is 0 Å². The third kappa shape index (κ3) is 6.12. The first-order valence-electron chi connectivity index (χ1n) is 7.94. The second kappa shape index (κ2) is 8.94. The van der Waals surface area contributed by atoms with Crippen LogP contribution >= 0.6 is 23.7 Å². The third-order valence-electron chi connectivity index (χ3n) is 3.67. The van der Waals surface area contributed by atoms with E-state index >= 15 is 0 Å². The van der Waals surface area contributed by atoms with E-state index in [-0.39, 0.29) is 24.2 Å². The quantitative estimate of drug-likeness (QED) is 0.689. The molecule has 1 fully saturated rings. The zero-order chi connectivity index (χ0) is 16.9. The van der Waals surface area contributed by atoms with Crippen LogP contribution in [0, 0.1) is 5.92 Å². The first-order valence-corrected chi connectivity index (χ1v) is 8.82. The van der Waals surface area contributed by atoms with Crippen LogP contribution < -0.4 is 16.0 Å². The summed E-state index contributed by atoms with van der Waals surface area (Å²) in [6, 6.07) is 7.44. The Bertz CT molecular complexity index is 729. The Morgan fingerprint density at radius 1 is 1.20 bits per heavy atom. The zero-order valence-corrected chi connectivity index (χ0v) is 15.5. The Hall–Kier alpha value is -1.96. The normalized spacial score (nSPS) is 13.0. The number of carbonyl (C=O) groups excluding carboxylic acids is 2. The standard InChI is InChI=1S/C17H20N4O2S.ClH/c1-11(22)19-14-6-4-13(5-7-14)15-10-24-17(20-15)21-16(23)9-18-8-12-2-3-12;/h4-7,10,12,18H,2-3,8-9H2,1H3,(H,19,22)(H,20,21,23);1H. The number of hydrogen-bond acceptors (Lipinski definition) is 5. The fourth-order valence-electron chi connectivity index (χ4n) is 2.27. The van der Waals surface area contributed by atoms with Gasteiger partial charge >= 0.3 is 0 Å². The lowest BCUT2D eigenvalue weighted by Gasteiger charge is -2.04. The Labute approximate surface area is 156 Å². The predicted molar refractivity (Wildman–Crippen MR) is 103 cm³/mol. The van der Waals surface area contributed by atoms with Crippen LogP contribution in [-0.4, -0.2) is 29.9 Å².